The van der Waals surface area contributed by atoms with Gasteiger partial charge in [0.15, 0.2) is 0 Å². The molecule has 0 aromatic carbocycles. The van der Waals surface area contributed by atoms with E-state index in [9.17, 15) is 0 Å². The molecule has 0 aromatic heterocycles. The average Bonchev–Trinajstić information content (AvgIpc) is 1.89. The van der Waals surface area contributed by atoms with Crippen molar-refractivity contribution < 1.29 is 0 Å². The first-order chi connectivity index (χ1) is 4.54. The van der Waals surface area contributed by atoms with Gasteiger partial charge in [0.25, 0.3) is 0 Å². The minimum atomic E-state index is 0. The molecule has 0 rings (SSSR count). The summed E-state index contributed by atoms with van der Waals surface area (Å²) in [6, 6.07) is 0. The molecule has 0 N–H and O–H groups in total. The van der Waals surface area contributed by atoms with Crippen LogP contribution in [-0.2, 0) is 25.3 Å². The number of hydrogen-bond acceptors (Lipinski definition) is 2. The Morgan fingerprint density at radius 2 is 0.923 bits per heavy atom. The summed E-state index contributed by atoms with van der Waals surface area (Å²) in [6.07, 6.45) is 2.24. The molecule has 0 aliphatic carbocycles. The molecule has 0 heterocycles. The van der Waals surface area contributed by atoms with Crippen LogP contribution in [0.25, 0.3) is 0 Å². The summed E-state index contributed by atoms with van der Waals surface area (Å²) < 4.78 is 0. The molecule has 2 unspecified atom stereocenters. The molecule has 0 spiro atoms. The Labute approximate surface area is 114 Å². The van der Waals surface area contributed by atoms with Crippen molar-refractivity contribution in [2.45, 2.75) is 65.9 Å². The molecule has 0 aliphatic rings. The molecular weight excluding hydrogens is 303 g/mol. The Morgan fingerprint density at radius 1 is 0.846 bits per heavy atom. The van der Waals surface area contributed by atoms with Crippen molar-refractivity contribution in [1.82, 2.24) is 0 Å². The minimum Gasteiger partial charge on any atom is -0.789 e. The van der Waals surface area contributed by atoms with Crippen LogP contribution < -0.4 is 0 Å². The van der Waals surface area contributed by atoms with Gasteiger partial charge in [-0.15, -0.1) is 0 Å². The molecule has 82 valence electrons. The van der Waals surface area contributed by atoms with E-state index in [1.54, 1.807) is 0 Å². The molecule has 0 nitrogen and oxygen atoms in total. The van der Waals surface area contributed by atoms with E-state index in [0.29, 0.717) is 10.5 Å². The summed E-state index contributed by atoms with van der Waals surface area (Å²) >= 11 is 9.56. The second-order valence-corrected chi connectivity index (χ2v) is 4.05. The maximum atomic E-state index is 4.78. The van der Waals surface area contributed by atoms with Crippen LogP contribution >= 0.6 is 0 Å². The molecule has 2 radical (unpaired) electrons. The minimum absolute atomic E-state index is 0. The van der Waals surface area contributed by atoms with Crippen molar-refractivity contribution >= 4 is 49.2 Å². The molecule has 0 fully saturated rings. The van der Waals surface area contributed by atoms with Gasteiger partial charge < -0.3 is 25.3 Å². The van der Waals surface area contributed by atoms with Crippen LogP contribution in [0.2, 0.25) is 0 Å². The SMILES string of the molecule is C.C.CCC(C)[S-].CCC(C)[S-].[Sn+2]. The predicted molar refractivity (Wildman–Crippen MR) is 73.5 cm³/mol. The summed E-state index contributed by atoms with van der Waals surface area (Å²) in [7, 11) is 0. The molecular formula is C10H26S2Sn. The molecule has 2 atom stereocenters. The van der Waals surface area contributed by atoms with E-state index >= 15 is 0 Å². The smallest absolute Gasteiger partial charge is 0.789 e. The van der Waals surface area contributed by atoms with E-state index in [2.05, 4.69) is 13.8 Å². The normalized spacial score (nSPS) is 11.5. The molecule has 0 aromatic rings. The van der Waals surface area contributed by atoms with Gasteiger partial charge in [-0.2, -0.15) is 10.5 Å². The maximum Gasteiger partial charge on any atom is 2.00 e. The topological polar surface area (TPSA) is 0 Å². The van der Waals surface area contributed by atoms with Crippen LogP contribution in [0.5, 0.6) is 0 Å². The Hall–Kier alpha value is 1.50. The van der Waals surface area contributed by atoms with Gasteiger partial charge in [0.2, 0.25) is 0 Å². The fraction of sp³-hybridized carbons (Fsp3) is 1.00. The van der Waals surface area contributed by atoms with Crippen molar-refractivity contribution in [3.8, 4) is 0 Å². The second-order valence-electron chi connectivity index (χ2n) is 2.44. The van der Waals surface area contributed by atoms with Gasteiger partial charge in [0, 0.05) is 0 Å². The first-order valence-corrected chi connectivity index (χ1v) is 4.80. The third-order valence-electron chi connectivity index (χ3n) is 1.15. The average molecular weight is 329 g/mol. The van der Waals surface area contributed by atoms with Gasteiger partial charge in [-0.05, 0) is 0 Å². The molecule has 0 aliphatic heterocycles. The van der Waals surface area contributed by atoms with Crippen LogP contribution in [-0.4, -0.2) is 34.4 Å². The van der Waals surface area contributed by atoms with Crippen molar-refractivity contribution in [2.75, 3.05) is 0 Å². The largest absolute Gasteiger partial charge is 2.00 e. The third kappa shape index (κ3) is 59.0. The molecule has 3 heteroatoms. The summed E-state index contributed by atoms with van der Waals surface area (Å²) in [6.45, 7) is 8.26. The van der Waals surface area contributed by atoms with Crippen molar-refractivity contribution in [1.29, 1.82) is 0 Å². The molecule has 0 bridgehead atoms. The molecule has 0 amide bonds. The van der Waals surface area contributed by atoms with Gasteiger partial charge in [0.1, 0.15) is 0 Å². The monoisotopic (exact) mass is 330 g/mol. The van der Waals surface area contributed by atoms with Crippen molar-refractivity contribution in [2.24, 2.45) is 0 Å². The third-order valence-corrected chi connectivity index (χ3v) is 1.82. The first-order valence-electron chi connectivity index (χ1n) is 3.86. The molecule has 13 heavy (non-hydrogen) atoms. The fourth-order valence-electron chi connectivity index (χ4n) is 0. The molecule has 0 saturated carbocycles. The number of rotatable bonds is 2. The van der Waals surface area contributed by atoms with E-state index in [0.717, 1.165) is 12.8 Å². The van der Waals surface area contributed by atoms with Gasteiger partial charge in [-0.25, -0.2) is 0 Å². The summed E-state index contributed by atoms with van der Waals surface area (Å²) in [5.41, 5.74) is 0. The van der Waals surface area contributed by atoms with E-state index in [4.69, 9.17) is 25.3 Å². The zero-order valence-electron chi connectivity index (χ0n) is 7.89. The summed E-state index contributed by atoms with van der Waals surface area (Å²) in [5.74, 6) is 0. The standard InChI is InChI=1S/2C4H10S.2CH4.Sn/c2*1-3-4(2)5;;;/h2*4-5H,3H2,1-2H3;2*1H4;/q;;;;+2/p-2. The van der Waals surface area contributed by atoms with Crippen molar-refractivity contribution in [3.63, 3.8) is 0 Å². The Balaban J connectivity index is -0.0000000267. The zero-order valence-corrected chi connectivity index (χ0v) is 12.4. The van der Waals surface area contributed by atoms with Crippen LogP contribution in [0.1, 0.15) is 55.4 Å². The Bertz CT molecular complexity index is 48.9. The van der Waals surface area contributed by atoms with Crippen LogP contribution in [0.3, 0.4) is 0 Å². The van der Waals surface area contributed by atoms with Crippen LogP contribution in [0.4, 0.5) is 0 Å². The van der Waals surface area contributed by atoms with Gasteiger partial charge in [-0.1, -0.05) is 55.4 Å². The van der Waals surface area contributed by atoms with E-state index in [1.807, 2.05) is 13.8 Å². The number of hydrogen-bond donors (Lipinski definition) is 0. The van der Waals surface area contributed by atoms with Crippen LogP contribution in [0.15, 0.2) is 0 Å². The van der Waals surface area contributed by atoms with Gasteiger partial charge in [0.05, 0.1) is 0 Å². The van der Waals surface area contributed by atoms with E-state index in [-0.39, 0.29) is 38.8 Å². The second kappa shape index (κ2) is 23.4. The molecule has 0 saturated heterocycles. The van der Waals surface area contributed by atoms with Gasteiger partial charge >= 0.3 is 23.9 Å². The first kappa shape index (κ1) is 29.3. The summed E-state index contributed by atoms with van der Waals surface area (Å²) in [5, 5.41) is 0.935. The van der Waals surface area contributed by atoms with Crippen LogP contribution in [0, 0.1) is 0 Å². The van der Waals surface area contributed by atoms with Gasteiger partial charge in [-0.3, -0.25) is 0 Å². The quantitative estimate of drug-likeness (QED) is 0.561. The fourth-order valence-corrected chi connectivity index (χ4v) is 0. The van der Waals surface area contributed by atoms with E-state index in [1.165, 1.54) is 0 Å². The maximum absolute atomic E-state index is 4.78. The Morgan fingerprint density at radius 3 is 0.923 bits per heavy atom. The van der Waals surface area contributed by atoms with E-state index < -0.39 is 0 Å². The predicted octanol–water partition coefficient (Wildman–Crippen LogP) is 3.56. The van der Waals surface area contributed by atoms with Crippen molar-refractivity contribution in [3.05, 3.63) is 0 Å². The zero-order chi connectivity index (χ0) is 8.57. The Kier molecular flexibility index (Phi) is 52.6. The summed E-state index contributed by atoms with van der Waals surface area (Å²) in [4.78, 5) is 0.